The van der Waals surface area contributed by atoms with Crippen molar-refractivity contribution in [2.45, 2.75) is 6.92 Å². The first-order chi connectivity index (χ1) is 9.24. The Morgan fingerprint density at radius 1 is 0.947 bits per heavy atom. The number of hydrogen-bond acceptors (Lipinski definition) is 3. The maximum atomic E-state index is 5.57. The van der Waals surface area contributed by atoms with Crippen molar-refractivity contribution in [3.63, 3.8) is 0 Å². The molecule has 0 fully saturated rings. The van der Waals surface area contributed by atoms with Gasteiger partial charge >= 0.3 is 0 Å². The monoisotopic (exact) mass is 250 g/mol. The van der Waals surface area contributed by atoms with E-state index in [1.165, 1.54) is 0 Å². The number of nitrogens with zero attached hydrogens (tertiary/aromatic N) is 3. The molecule has 0 spiro atoms. The van der Waals surface area contributed by atoms with Crippen molar-refractivity contribution in [1.29, 1.82) is 0 Å². The molecule has 0 aliphatic heterocycles. The van der Waals surface area contributed by atoms with Crippen LogP contribution in [0.5, 0.6) is 0 Å². The average molecular weight is 250 g/mol. The molecule has 0 bridgehead atoms. The third kappa shape index (κ3) is 1.37. The summed E-state index contributed by atoms with van der Waals surface area (Å²) in [5, 5.41) is 0. The van der Waals surface area contributed by atoms with Gasteiger partial charge in [-0.05, 0) is 12.1 Å². The van der Waals surface area contributed by atoms with Crippen LogP contribution >= 0.6 is 0 Å². The number of aromatic nitrogens is 3. The maximum absolute atomic E-state index is 5.57. The van der Waals surface area contributed by atoms with Gasteiger partial charge in [-0.3, -0.25) is 0 Å². The second-order valence-electron chi connectivity index (χ2n) is 4.67. The van der Waals surface area contributed by atoms with Crippen LogP contribution < -0.4 is 4.57 Å². The zero-order chi connectivity index (χ0) is 13.0. The normalized spacial score (nSPS) is 11.7. The van der Waals surface area contributed by atoms with E-state index in [1.54, 1.807) is 0 Å². The molecule has 0 N–H and O–H groups in total. The maximum Gasteiger partial charge on any atom is 0.233 e. The lowest BCUT2D eigenvalue weighted by Gasteiger charge is -2.00. The molecule has 4 aromatic rings. The summed E-state index contributed by atoms with van der Waals surface area (Å²) in [5.41, 5.74) is 5.62. The Labute approximate surface area is 109 Å². The van der Waals surface area contributed by atoms with Gasteiger partial charge < -0.3 is 4.42 Å². The van der Waals surface area contributed by atoms with E-state index < -0.39 is 0 Å². The van der Waals surface area contributed by atoms with Crippen LogP contribution in [0.15, 0.2) is 40.8 Å². The number of rotatable bonds is 0. The van der Waals surface area contributed by atoms with Crippen LogP contribution in [0.3, 0.4) is 0 Å². The van der Waals surface area contributed by atoms with E-state index in [2.05, 4.69) is 15.6 Å². The first kappa shape index (κ1) is 10.4. The largest absolute Gasteiger partial charge is 0.441 e. The molecule has 4 heteroatoms. The molecule has 0 aliphatic carbocycles. The minimum Gasteiger partial charge on any atom is -0.441 e. The number of benzene rings is 2. The molecule has 0 radical (unpaired) electrons. The SMILES string of the molecule is Cc1nc2c(ccc3c2nc2ccccc2[n+]3C)o1. The molecule has 19 heavy (non-hydrogen) atoms. The smallest absolute Gasteiger partial charge is 0.233 e. The molecular formula is C15H12N3O+. The Balaban J connectivity index is 2.31. The van der Waals surface area contributed by atoms with E-state index in [9.17, 15) is 0 Å². The van der Waals surface area contributed by atoms with Crippen molar-refractivity contribution < 1.29 is 8.98 Å². The first-order valence-electron chi connectivity index (χ1n) is 6.19. The Morgan fingerprint density at radius 3 is 2.68 bits per heavy atom. The highest BCUT2D eigenvalue weighted by atomic mass is 16.3. The highest BCUT2D eigenvalue weighted by Gasteiger charge is 2.17. The van der Waals surface area contributed by atoms with Crippen LogP contribution in [-0.2, 0) is 7.05 Å². The predicted molar refractivity (Wildman–Crippen MR) is 72.7 cm³/mol. The third-order valence-corrected chi connectivity index (χ3v) is 3.46. The molecule has 0 saturated heterocycles. The fourth-order valence-electron chi connectivity index (χ4n) is 2.55. The van der Waals surface area contributed by atoms with Gasteiger partial charge in [-0.1, -0.05) is 12.1 Å². The number of hydrogen-bond donors (Lipinski definition) is 0. The predicted octanol–water partition coefficient (Wildman–Crippen LogP) is 2.66. The second kappa shape index (κ2) is 3.51. The molecule has 0 amide bonds. The van der Waals surface area contributed by atoms with Gasteiger partial charge in [0.15, 0.2) is 17.0 Å². The number of para-hydroxylation sites is 2. The van der Waals surface area contributed by atoms with E-state index in [4.69, 9.17) is 9.40 Å². The third-order valence-electron chi connectivity index (χ3n) is 3.46. The molecule has 2 aromatic carbocycles. The van der Waals surface area contributed by atoms with Gasteiger partial charge in [0.25, 0.3) is 0 Å². The highest BCUT2D eigenvalue weighted by molar-refractivity contribution is 5.99. The first-order valence-corrected chi connectivity index (χ1v) is 6.19. The standard InChI is InChI=1S/C15H12N3O/c1-9-16-15-13(19-9)8-7-12-14(15)17-10-5-3-4-6-11(10)18(12)2/h3-8H,1-2H3/q+1. The number of fused-ring (bicyclic) bond motifs is 4. The van der Waals surface area contributed by atoms with Crippen LogP contribution in [0, 0.1) is 6.92 Å². The summed E-state index contributed by atoms with van der Waals surface area (Å²) in [7, 11) is 2.05. The van der Waals surface area contributed by atoms with E-state index in [-0.39, 0.29) is 0 Å². The van der Waals surface area contributed by atoms with E-state index in [1.807, 2.05) is 44.3 Å². The molecule has 0 saturated carbocycles. The van der Waals surface area contributed by atoms with Crippen LogP contribution in [0.2, 0.25) is 0 Å². The quantitative estimate of drug-likeness (QED) is 0.356. The highest BCUT2D eigenvalue weighted by Crippen LogP contribution is 2.23. The Kier molecular flexibility index (Phi) is 1.93. The average Bonchev–Trinajstić information content (AvgIpc) is 2.80. The van der Waals surface area contributed by atoms with Gasteiger partial charge in [0.05, 0.1) is 0 Å². The van der Waals surface area contributed by atoms with Gasteiger partial charge in [-0.25, -0.2) is 9.97 Å². The molecular weight excluding hydrogens is 238 g/mol. The fourth-order valence-corrected chi connectivity index (χ4v) is 2.55. The van der Waals surface area contributed by atoms with Crippen LogP contribution in [-0.4, -0.2) is 9.97 Å². The Bertz CT molecular complexity index is 940. The van der Waals surface area contributed by atoms with Crippen LogP contribution in [0.4, 0.5) is 0 Å². The molecule has 4 rings (SSSR count). The topological polar surface area (TPSA) is 42.8 Å². The summed E-state index contributed by atoms with van der Waals surface area (Å²) in [4.78, 5) is 9.18. The summed E-state index contributed by atoms with van der Waals surface area (Å²) < 4.78 is 7.71. The molecule has 92 valence electrons. The van der Waals surface area contributed by atoms with Crippen molar-refractivity contribution >= 4 is 33.2 Å². The van der Waals surface area contributed by atoms with E-state index in [0.29, 0.717) is 5.89 Å². The molecule has 0 unspecified atom stereocenters. The van der Waals surface area contributed by atoms with Crippen molar-refractivity contribution in [3.8, 4) is 0 Å². The van der Waals surface area contributed by atoms with Gasteiger partial charge in [0, 0.05) is 19.1 Å². The van der Waals surface area contributed by atoms with Crippen LogP contribution in [0.1, 0.15) is 5.89 Å². The summed E-state index contributed by atoms with van der Waals surface area (Å²) in [5.74, 6) is 0.667. The van der Waals surface area contributed by atoms with E-state index in [0.717, 1.165) is 33.2 Å². The van der Waals surface area contributed by atoms with Gasteiger partial charge in [-0.15, -0.1) is 0 Å². The minimum absolute atomic E-state index is 0.667. The van der Waals surface area contributed by atoms with Crippen molar-refractivity contribution in [3.05, 3.63) is 42.3 Å². The molecule has 4 nitrogen and oxygen atoms in total. The number of aryl methyl sites for hydroxylation is 2. The van der Waals surface area contributed by atoms with Crippen molar-refractivity contribution in [2.75, 3.05) is 0 Å². The summed E-state index contributed by atoms with van der Waals surface area (Å²) in [6, 6.07) is 12.1. The zero-order valence-corrected chi connectivity index (χ0v) is 10.7. The van der Waals surface area contributed by atoms with E-state index >= 15 is 0 Å². The molecule has 2 aromatic heterocycles. The summed E-state index contributed by atoms with van der Waals surface area (Å²) >= 11 is 0. The number of oxazole rings is 1. The van der Waals surface area contributed by atoms with Gasteiger partial charge in [-0.2, -0.15) is 4.57 Å². The van der Waals surface area contributed by atoms with Gasteiger partial charge in [0.2, 0.25) is 11.0 Å². The van der Waals surface area contributed by atoms with Crippen molar-refractivity contribution in [1.82, 2.24) is 9.97 Å². The zero-order valence-electron chi connectivity index (χ0n) is 10.7. The molecule has 2 heterocycles. The lowest BCUT2D eigenvalue weighted by atomic mass is 10.2. The molecule has 0 aliphatic rings. The fraction of sp³-hybridized carbons (Fsp3) is 0.133. The second-order valence-corrected chi connectivity index (χ2v) is 4.67. The van der Waals surface area contributed by atoms with Crippen molar-refractivity contribution in [2.24, 2.45) is 7.05 Å². The Morgan fingerprint density at radius 2 is 1.79 bits per heavy atom. The van der Waals surface area contributed by atoms with Gasteiger partial charge in [0.1, 0.15) is 18.1 Å². The summed E-state index contributed by atoms with van der Waals surface area (Å²) in [6.07, 6.45) is 0. The lowest BCUT2D eigenvalue weighted by molar-refractivity contribution is -0.617. The lowest BCUT2D eigenvalue weighted by Crippen LogP contribution is -2.30. The summed E-state index contributed by atoms with van der Waals surface area (Å²) in [6.45, 7) is 1.85. The minimum atomic E-state index is 0.667. The molecule has 0 atom stereocenters. The Hall–Kier alpha value is -2.49. The van der Waals surface area contributed by atoms with Crippen LogP contribution in [0.25, 0.3) is 33.2 Å².